The van der Waals surface area contributed by atoms with Crippen molar-refractivity contribution >= 4 is 57.8 Å². The topological polar surface area (TPSA) is 101 Å². The highest BCUT2D eigenvalue weighted by Gasteiger charge is 2.15. The van der Waals surface area contributed by atoms with Gasteiger partial charge in [0.15, 0.2) is 10.3 Å². The minimum absolute atomic E-state index is 0.121. The number of halogens is 1. The summed E-state index contributed by atoms with van der Waals surface area (Å²) in [4.78, 5) is 28.4. The van der Waals surface area contributed by atoms with Gasteiger partial charge in [-0.3, -0.25) is 14.6 Å². The van der Waals surface area contributed by atoms with Gasteiger partial charge >= 0.3 is 0 Å². The lowest BCUT2D eigenvalue weighted by Gasteiger charge is -2.07. The Morgan fingerprint density at radius 2 is 2.10 bits per heavy atom. The summed E-state index contributed by atoms with van der Waals surface area (Å²) < 4.78 is 1.80. The number of nitrogens with zero attached hydrogens (tertiary/aromatic N) is 4. The first-order valence-corrected chi connectivity index (χ1v) is 11.3. The van der Waals surface area contributed by atoms with Gasteiger partial charge in [0.25, 0.3) is 0 Å². The molecule has 1 aliphatic heterocycles. The van der Waals surface area contributed by atoms with Gasteiger partial charge in [0.1, 0.15) is 5.82 Å². The van der Waals surface area contributed by atoms with Crippen molar-refractivity contribution in [1.82, 2.24) is 20.1 Å². The summed E-state index contributed by atoms with van der Waals surface area (Å²) in [6.07, 6.45) is 0.703. The maximum Gasteiger partial charge on any atom is 0.236 e. The van der Waals surface area contributed by atoms with Crippen molar-refractivity contribution in [1.29, 1.82) is 0 Å². The van der Waals surface area contributed by atoms with Crippen LogP contribution in [0.3, 0.4) is 0 Å². The number of aliphatic imine (C=N–C) groups is 1. The van der Waals surface area contributed by atoms with E-state index in [1.165, 1.54) is 11.8 Å². The lowest BCUT2D eigenvalue weighted by atomic mass is 10.2. The Labute approximate surface area is 182 Å². The molecule has 0 saturated carbocycles. The summed E-state index contributed by atoms with van der Waals surface area (Å²) in [5, 5.41) is 15.8. The average molecular weight is 453 g/mol. The normalized spacial score (nSPS) is 13.3. The molecule has 0 spiro atoms. The number of amidine groups is 1. The van der Waals surface area contributed by atoms with E-state index in [9.17, 15) is 9.59 Å². The Bertz CT molecular complexity index is 946. The van der Waals surface area contributed by atoms with Crippen LogP contribution in [-0.4, -0.2) is 49.8 Å². The van der Waals surface area contributed by atoms with E-state index in [0.717, 1.165) is 17.9 Å². The zero-order valence-electron chi connectivity index (χ0n) is 16.1. The molecule has 0 atom stereocenters. The number of aryl methyl sites for hydroxylation is 2. The summed E-state index contributed by atoms with van der Waals surface area (Å²) >= 11 is 8.92. The first-order valence-electron chi connectivity index (χ1n) is 8.96. The lowest BCUT2D eigenvalue weighted by molar-refractivity contribution is -0.117. The number of benzene rings is 1. The molecule has 1 aliphatic rings. The number of anilines is 1. The predicted molar refractivity (Wildman–Crippen MR) is 118 cm³/mol. The Morgan fingerprint density at radius 3 is 2.83 bits per heavy atom. The SMILES string of the molecule is Cc1ccc(NC(=O)CCc2nnc(SCC(=O)NC3=NCCS3)n2C)cc1Cl. The van der Waals surface area contributed by atoms with Crippen LogP contribution in [0.4, 0.5) is 5.69 Å². The molecule has 2 aromatic rings. The molecular weight excluding hydrogens is 432 g/mol. The monoisotopic (exact) mass is 452 g/mol. The zero-order chi connectivity index (χ0) is 20.8. The van der Waals surface area contributed by atoms with Crippen molar-refractivity contribution in [2.45, 2.75) is 24.9 Å². The fourth-order valence-corrected chi connectivity index (χ4v) is 4.16. The lowest BCUT2D eigenvalue weighted by Crippen LogP contribution is -2.29. The summed E-state index contributed by atoms with van der Waals surface area (Å²) in [6, 6.07) is 5.40. The van der Waals surface area contributed by atoms with Crippen LogP contribution in [0.25, 0.3) is 0 Å². The van der Waals surface area contributed by atoms with E-state index in [-0.39, 0.29) is 24.0 Å². The number of hydrogen-bond donors (Lipinski definition) is 2. The summed E-state index contributed by atoms with van der Waals surface area (Å²) in [5.74, 6) is 1.56. The van der Waals surface area contributed by atoms with Crippen LogP contribution in [0.1, 0.15) is 17.8 Å². The first kappa shape index (κ1) is 21.7. The Hall–Kier alpha value is -2.04. The molecule has 154 valence electrons. The van der Waals surface area contributed by atoms with Gasteiger partial charge in [-0.25, -0.2) is 0 Å². The van der Waals surface area contributed by atoms with Crippen molar-refractivity contribution in [3.63, 3.8) is 0 Å². The molecule has 0 radical (unpaired) electrons. The van der Waals surface area contributed by atoms with Crippen LogP contribution in [0.15, 0.2) is 28.3 Å². The minimum Gasteiger partial charge on any atom is -0.326 e. The number of rotatable bonds is 7. The summed E-state index contributed by atoms with van der Waals surface area (Å²) in [7, 11) is 1.82. The molecule has 8 nitrogen and oxygen atoms in total. The van der Waals surface area contributed by atoms with Crippen molar-refractivity contribution in [2.24, 2.45) is 12.0 Å². The van der Waals surface area contributed by atoms with E-state index in [1.54, 1.807) is 22.4 Å². The van der Waals surface area contributed by atoms with E-state index >= 15 is 0 Å². The van der Waals surface area contributed by atoms with Crippen LogP contribution in [0, 0.1) is 6.92 Å². The van der Waals surface area contributed by atoms with Crippen LogP contribution in [-0.2, 0) is 23.1 Å². The average Bonchev–Trinajstić information content (AvgIpc) is 3.31. The predicted octanol–water partition coefficient (Wildman–Crippen LogP) is 2.66. The molecular formula is C18H21ClN6O2S2. The van der Waals surface area contributed by atoms with E-state index in [1.807, 2.05) is 26.1 Å². The van der Waals surface area contributed by atoms with Crippen molar-refractivity contribution in [2.75, 3.05) is 23.4 Å². The van der Waals surface area contributed by atoms with Gasteiger partial charge in [-0.15, -0.1) is 10.2 Å². The molecule has 29 heavy (non-hydrogen) atoms. The van der Waals surface area contributed by atoms with E-state index in [2.05, 4.69) is 25.8 Å². The van der Waals surface area contributed by atoms with E-state index in [0.29, 0.717) is 33.3 Å². The van der Waals surface area contributed by atoms with Crippen LogP contribution in [0.5, 0.6) is 0 Å². The number of carbonyl (C=O) groups is 2. The number of amides is 2. The largest absolute Gasteiger partial charge is 0.326 e. The third-order valence-electron chi connectivity index (χ3n) is 4.12. The molecule has 0 bridgehead atoms. The second-order valence-corrected chi connectivity index (χ2v) is 8.78. The van der Waals surface area contributed by atoms with E-state index in [4.69, 9.17) is 11.6 Å². The van der Waals surface area contributed by atoms with Crippen molar-refractivity contribution in [3.05, 3.63) is 34.6 Å². The fourth-order valence-electron chi connectivity index (χ4n) is 2.50. The molecule has 3 rings (SSSR count). The van der Waals surface area contributed by atoms with Gasteiger partial charge in [-0.2, -0.15) is 0 Å². The van der Waals surface area contributed by atoms with Crippen LogP contribution < -0.4 is 10.6 Å². The molecule has 0 fully saturated rings. The summed E-state index contributed by atoms with van der Waals surface area (Å²) in [6.45, 7) is 2.65. The molecule has 2 heterocycles. The van der Waals surface area contributed by atoms with Crippen molar-refractivity contribution < 1.29 is 9.59 Å². The van der Waals surface area contributed by atoms with Gasteiger partial charge in [-0.05, 0) is 24.6 Å². The summed E-state index contributed by atoms with van der Waals surface area (Å²) in [5.41, 5.74) is 1.62. The molecule has 0 aliphatic carbocycles. The maximum absolute atomic E-state index is 12.2. The van der Waals surface area contributed by atoms with Gasteiger partial charge in [0.05, 0.1) is 12.3 Å². The Balaban J connectivity index is 1.46. The number of aromatic nitrogens is 3. The minimum atomic E-state index is -0.128. The highest BCUT2D eigenvalue weighted by Crippen LogP contribution is 2.20. The zero-order valence-corrected chi connectivity index (χ0v) is 18.5. The number of nitrogens with one attached hydrogen (secondary N) is 2. The Morgan fingerprint density at radius 1 is 1.28 bits per heavy atom. The van der Waals surface area contributed by atoms with Gasteiger partial charge in [-0.1, -0.05) is 41.2 Å². The van der Waals surface area contributed by atoms with Crippen molar-refractivity contribution in [3.8, 4) is 0 Å². The highest BCUT2D eigenvalue weighted by atomic mass is 35.5. The Kier molecular flexibility index (Phi) is 7.57. The molecule has 1 aromatic carbocycles. The number of carbonyl (C=O) groups excluding carboxylic acids is 2. The molecule has 2 amide bonds. The fraction of sp³-hybridized carbons (Fsp3) is 0.389. The molecule has 1 aromatic heterocycles. The second-order valence-electron chi connectivity index (χ2n) is 6.34. The smallest absolute Gasteiger partial charge is 0.236 e. The molecule has 0 saturated heterocycles. The highest BCUT2D eigenvalue weighted by molar-refractivity contribution is 8.14. The van der Waals surface area contributed by atoms with Gasteiger partial charge < -0.3 is 15.2 Å². The number of thioether (sulfide) groups is 2. The van der Waals surface area contributed by atoms with Crippen LogP contribution >= 0.6 is 35.1 Å². The third-order valence-corrected chi connectivity index (χ3v) is 6.44. The van der Waals surface area contributed by atoms with Crippen LogP contribution in [0.2, 0.25) is 5.02 Å². The van der Waals surface area contributed by atoms with E-state index < -0.39 is 0 Å². The molecule has 11 heteroatoms. The van der Waals surface area contributed by atoms with Gasteiger partial charge in [0.2, 0.25) is 11.8 Å². The third kappa shape index (κ3) is 6.22. The molecule has 2 N–H and O–H groups in total. The quantitative estimate of drug-likeness (QED) is 0.626. The second kappa shape index (κ2) is 10.1. The first-order chi connectivity index (χ1) is 13.9. The number of hydrogen-bond acceptors (Lipinski definition) is 7. The molecule has 0 unspecified atom stereocenters. The maximum atomic E-state index is 12.2. The standard InChI is InChI=1S/C18H21ClN6O2S2/c1-11-3-4-12(9-13(11)19)21-15(26)6-5-14-23-24-18(25(14)2)29-10-16(27)22-17-20-7-8-28-17/h3-4,9H,5-8,10H2,1-2H3,(H,21,26)(H,20,22,27). The van der Waals surface area contributed by atoms with Gasteiger partial charge in [0, 0.05) is 36.4 Å².